The lowest BCUT2D eigenvalue weighted by molar-refractivity contribution is 0.323. The number of fused-ring (bicyclic) bond motifs is 2. The molecule has 0 aromatic heterocycles. The molecule has 0 saturated heterocycles. The topological polar surface area (TPSA) is 35.2 Å². The first kappa shape index (κ1) is 8.70. The second kappa shape index (κ2) is 2.55. The van der Waals surface area contributed by atoms with Crippen LogP contribution in [0.4, 0.5) is 5.69 Å². The molecule has 2 aliphatic rings. The molecule has 0 radical (unpaired) electrons. The van der Waals surface area contributed by atoms with Gasteiger partial charge in [-0.3, -0.25) is 0 Å². The third-order valence-electron chi connectivity index (χ3n) is 2.93. The average Bonchev–Trinajstić information content (AvgIpc) is 2.74. The van der Waals surface area contributed by atoms with Crippen LogP contribution in [0.5, 0.6) is 5.75 Å². The highest BCUT2D eigenvalue weighted by Crippen LogP contribution is 2.55. The number of nitrogens with two attached hydrogens (primary N) is 1. The standard InChI is InChI=1S/C10H11NO.ClH/c11-7-1-2-9-8(5-7)10(3-4-10)6-12-9;/h1-2,5H,3-4,6,11H2;1H. The van der Waals surface area contributed by atoms with Crippen LogP contribution in [-0.4, -0.2) is 6.61 Å². The van der Waals surface area contributed by atoms with Crippen molar-refractivity contribution in [3.05, 3.63) is 23.8 Å². The monoisotopic (exact) mass is 197 g/mol. The molecule has 0 unspecified atom stereocenters. The minimum atomic E-state index is 0. The number of halogens is 1. The van der Waals surface area contributed by atoms with Crippen molar-refractivity contribution < 1.29 is 4.74 Å². The number of anilines is 1. The van der Waals surface area contributed by atoms with Crippen LogP contribution in [0.25, 0.3) is 0 Å². The molecule has 1 aliphatic heterocycles. The third kappa shape index (κ3) is 1.09. The van der Waals surface area contributed by atoms with Gasteiger partial charge in [-0.2, -0.15) is 0 Å². The molecule has 3 rings (SSSR count). The molecule has 0 atom stereocenters. The summed E-state index contributed by atoms with van der Waals surface area (Å²) in [6.45, 7) is 0.867. The van der Waals surface area contributed by atoms with Crippen LogP contribution in [0.2, 0.25) is 0 Å². The van der Waals surface area contributed by atoms with Gasteiger partial charge in [-0.05, 0) is 31.0 Å². The summed E-state index contributed by atoms with van der Waals surface area (Å²) in [5.74, 6) is 1.04. The first-order valence-electron chi connectivity index (χ1n) is 4.33. The van der Waals surface area contributed by atoms with Crippen LogP contribution in [-0.2, 0) is 5.41 Å². The maximum absolute atomic E-state index is 5.72. The number of ether oxygens (including phenoxy) is 1. The Kier molecular flexibility index (Phi) is 1.70. The van der Waals surface area contributed by atoms with Crippen molar-refractivity contribution in [2.75, 3.05) is 12.3 Å². The Hall–Kier alpha value is -0.890. The van der Waals surface area contributed by atoms with Gasteiger partial charge in [0.15, 0.2) is 0 Å². The van der Waals surface area contributed by atoms with Gasteiger partial charge >= 0.3 is 0 Å². The SMILES string of the molecule is Cl.Nc1ccc2c(c1)C1(CC1)CO2. The highest BCUT2D eigenvalue weighted by atomic mass is 35.5. The fourth-order valence-electron chi connectivity index (χ4n) is 1.95. The van der Waals surface area contributed by atoms with E-state index in [-0.39, 0.29) is 12.4 Å². The van der Waals surface area contributed by atoms with Crippen LogP contribution < -0.4 is 10.5 Å². The van der Waals surface area contributed by atoms with Gasteiger partial charge in [-0.1, -0.05) is 0 Å². The first-order valence-corrected chi connectivity index (χ1v) is 4.33. The molecule has 0 amide bonds. The van der Waals surface area contributed by atoms with Crippen molar-refractivity contribution in [1.82, 2.24) is 0 Å². The van der Waals surface area contributed by atoms with Crippen molar-refractivity contribution in [2.45, 2.75) is 18.3 Å². The summed E-state index contributed by atoms with van der Waals surface area (Å²) < 4.78 is 5.58. The zero-order chi connectivity index (χ0) is 8.18. The molecular formula is C10H12ClNO. The molecule has 1 spiro atoms. The molecule has 1 aromatic carbocycles. The van der Waals surface area contributed by atoms with Gasteiger partial charge in [0.05, 0.1) is 6.61 Å². The molecule has 13 heavy (non-hydrogen) atoms. The van der Waals surface area contributed by atoms with Gasteiger partial charge in [0.25, 0.3) is 0 Å². The van der Waals surface area contributed by atoms with Gasteiger partial charge in [-0.25, -0.2) is 0 Å². The Bertz CT molecular complexity index is 347. The van der Waals surface area contributed by atoms with E-state index < -0.39 is 0 Å². The van der Waals surface area contributed by atoms with Gasteiger partial charge in [0, 0.05) is 16.7 Å². The Morgan fingerprint density at radius 3 is 2.77 bits per heavy atom. The van der Waals surface area contributed by atoms with Crippen molar-refractivity contribution in [2.24, 2.45) is 0 Å². The van der Waals surface area contributed by atoms with Crippen LogP contribution in [0.1, 0.15) is 18.4 Å². The van der Waals surface area contributed by atoms with Crippen LogP contribution in [0.3, 0.4) is 0 Å². The number of nitrogen functional groups attached to an aromatic ring is 1. The van der Waals surface area contributed by atoms with Crippen LogP contribution in [0, 0.1) is 0 Å². The van der Waals surface area contributed by atoms with Crippen molar-refractivity contribution in [3.63, 3.8) is 0 Å². The van der Waals surface area contributed by atoms with E-state index in [1.165, 1.54) is 18.4 Å². The second-order valence-corrected chi connectivity index (χ2v) is 3.82. The van der Waals surface area contributed by atoms with Crippen molar-refractivity contribution in [3.8, 4) is 5.75 Å². The summed E-state index contributed by atoms with van der Waals surface area (Å²) in [6, 6.07) is 5.95. The molecule has 1 heterocycles. The lowest BCUT2D eigenvalue weighted by Crippen LogP contribution is -2.07. The molecule has 3 heteroatoms. The lowest BCUT2D eigenvalue weighted by atomic mass is 9.98. The van der Waals surface area contributed by atoms with Crippen LogP contribution >= 0.6 is 12.4 Å². The molecule has 1 fully saturated rings. The summed E-state index contributed by atoms with van der Waals surface area (Å²) in [5, 5.41) is 0. The lowest BCUT2D eigenvalue weighted by Gasteiger charge is -2.03. The normalized spacial score (nSPS) is 20.3. The van der Waals surface area contributed by atoms with Gasteiger partial charge < -0.3 is 10.5 Å². The van der Waals surface area contributed by atoms with E-state index >= 15 is 0 Å². The predicted octanol–water partition coefficient (Wildman–Crippen LogP) is 2.11. The molecule has 1 saturated carbocycles. The number of hydrogen-bond donors (Lipinski definition) is 1. The maximum atomic E-state index is 5.72. The fraction of sp³-hybridized carbons (Fsp3) is 0.400. The summed E-state index contributed by atoms with van der Waals surface area (Å²) in [7, 11) is 0. The smallest absolute Gasteiger partial charge is 0.123 e. The van der Waals surface area contributed by atoms with Crippen LogP contribution in [0.15, 0.2) is 18.2 Å². The van der Waals surface area contributed by atoms with Gasteiger partial charge in [0.1, 0.15) is 5.75 Å². The van der Waals surface area contributed by atoms with E-state index in [0.717, 1.165) is 18.0 Å². The molecule has 2 N–H and O–H groups in total. The summed E-state index contributed by atoms with van der Waals surface area (Å²) >= 11 is 0. The van der Waals surface area contributed by atoms with E-state index in [2.05, 4.69) is 6.07 Å². The zero-order valence-electron chi connectivity index (χ0n) is 7.25. The molecule has 0 bridgehead atoms. The Balaban J connectivity index is 0.000000653. The first-order chi connectivity index (χ1) is 5.80. The molecule has 2 nitrogen and oxygen atoms in total. The number of hydrogen-bond acceptors (Lipinski definition) is 2. The van der Waals surface area contributed by atoms with Crippen molar-refractivity contribution >= 4 is 18.1 Å². The minimum Gasteiger partial charge on any atom is -0.492 e. The van der Waals surface area contributed by atoms with E-state index in [9.17, 15) is 0 Å². The van der Waals surface area contributed by atoms with E-state index in [0.29, 0.717) is 5.41 Å². The highest BCUT2D eigenvalue weighted by molar-refractivity contribution is 5.85. The average molecular weight is 198 g/mol. The fourth-order valence-corrected chi connectivity index (χ4v) is 1.95. The number of benzene rings is 1. The quantitative estimate of drug-likeness (QED) is 0.647. The predicted molar refractivity (Wildman–Crippen MR) is 54.5 cm³/mol. The highest BCUT2D eigenvalue weighted by Gasteiger charge is 2.50. The Labute approximate surface area is 83.5 Å². The molecule has 1 aromatic rings. The largest absolute Gasteiger partial charge is 0.492 e. The van der Waals surface area contributed by atoms with Gasteiger partial charge in [0.2, 0.25) is 0 Å². The summed E-state index contributed by atoms with van der Waals surface area (Å²) in [5.41, 5.74) is 8.28. The molecule has 70 valence electrons. The van der Waals surface area contributed by atoms with Gasteiger partial charge in [-0.15, -0.1) is 12.4 Å². The van der Waals surface area contributed by atoms with E-state index in [4.69, 9.17) is 10.5 Å². The Morgan fingerprint density at radius 2 is 2.08 bits per heavy atom. The summed E-state index contributed by atoms with van der Waals surface area (Å²) in [4.78, 5) is 0. The minimum absolute atomic E-state index is 0. The third-order valence-corrected chi connectivity index (χ3v) is 2.93. The maximum Gasteiger partial charge on any atom is 0.123 e. The Morgan fingerprint density at radius 1 is 1.31 bits per heavy atom. The van der Waals surface area contributed by atoms with E-state index in [1.807, 2.05) is 12.1 Å². The molecule has 1 aliphatic carbocycles. The van der Waals surface area contributed by atoms with E-state index in [1.54, 1.807) is 0 Å². The molecular weight excluding hydrogens is 186 g/mol. The number of rotatable bonds is 0. The zero-order valence-corrected chi connectivity index (χ0v) is 8.06. The second-order valence-electron chi connectivity index (χ2n) is 3.82. The van der Waals surface area contributed by atoms with Crippen molar-refractivity contribution in [1.29, 1.82) is 0 Å². The summed E-state index contributed by atoms with van der Waals surface area (Å²) in [6.07, 6.45) is 2.53.